The first-order chi connectivity index (χ1) is 16.2. The molecule has 4 nitrogen and oxygen atoms in total. The molecule has 0 saturated heterocycles. The zero-order valence-electron chi connectivity index (χ0n) is 20.0. The fourth-order valence-corrected chi connectivity index (χ4v) is 5.42. The SMILES string of the molecule is C/C=C\C=C(/C)C1CC(c2cc3c(n(CC4CCC4)c2=O)CCCC3)=NN1c1ccccc1. The fraction of sp³-hybridized carbons (Fsp3) is 0.448. The van der Waals surface area contributed by atoms with Crippen molar-refractivity contribution in [2.24, 2.45) is 11.0 Å². The molecule has 2 aliphatic carbocycles. The molecule has 1 aliphatic heterocycles. The summed E-state index contributed by atoms with van der Waals surface area (Å²) in [4.78, 5) is 13.8. The van der Waals surface area contributed by atoms with Gasteiger partial charge < -0.3 is 4.57 Å². The molecule has 1 unspecified atom stereocenters. The van der Waals surface area contributed by atoms with Gasteiger partial charge in [-0.05, 0) is 87.6 Å². The lowest BCUT2D eigenvalue weighted by Crippen LogP contribution is -2.35. The maximum Gasteiger partial charge on any atom is 0.259 e. The molecule has 1 aromatic heterocycles. The number of hydrogen-bond acceptors (Lipinski definition) is 3. The number of rotatable bonds is 6. The summed E-state index contributed by atoms with van der Waals surface area (Å²) in [6.07, 6.45) is 15.4. The molecule has 1 aromatic carbocycles. The summed E-state index contributed by atoms with van der Waals surface area (Å²) in [7, 11) is 0. The van der Waals surface area contributed by atoms with Crippen molar-refractivity contribution in [1.82, 2.24) is 4.57 Å². The van der Waals surface area contributed by atoms with Crippen LogP contribution in [0.25, 0.3) is 0 Å². The van der Waals surface area contributed by atoms with Gasteiger partial charge in [0.2, 0.25) is 0 Å². The van der Waals surface area contributed by atoms with Crippen LogP contribution < -0.4 is 10.6 Å². The van der Waals surface area contributed by atoms with Crippen LogP contribution in [-0.4, -0.2) is 16.3 Å². The van der Waals surface area contributed by atoms with E-state index in [1.165, 1.54) is 48.9 Å². The van der Waals surface area contributed by atoms with Crippen LogP contribution in [0.2, 0.25) is 0 Å². The summed E-state index contributed by atoms with van der Waals surface area (Å²) in [6.45, 7) is 5.09. The van der Waals surface area contributed by atoms with Crippen molar-refractivity contribution in [3.63, 3.8) is 0 Å². The Labute approximate surface area is 197 Å². The van der Waals surface area contributed by atoms with E-state index in [9.17, 15) is 4.79 Å². The number of benzene rings is 1. The highest BCUT2D eigenvalue weighted by Gasteiger charge is 2.32. The van der Waals surface area contributed by atoms with Gasteiger partial charge in [-0.25, -0.2) is 0 Å². The van der Waals surface area contributed by atoms with E-state index < -0.39 is 0 Å². The van der Waals surface area contributed by atoms with Crippen molar-refractivity contribution < 1.29 is 0 Å². The minimum Gasteiger partial charge on any atom is -0.312 e. The van der Waals surface area contributed by atoms with Gasteiger partial charge >= 0.3 is 0 Å². The van der Waals surface area contributed by atoms with Crippen molar-refractivity contribution in [3.8, 4) is 0 Å². The van der Waals surface area contributed by atoms with Crippen LogP contribution in [-0.2, 0) is 19.4 Å². The van der Waals surface area contributed by atoms with Crippen LogP contribution in [0.1, 0.15) is 69.2 Å². The first-order valence-electron chi connectivity index (χ1n) is 12.6. The number of anilines is 1. The highest BCUT2D eigenvalue weighted by molar-refractivity contribution is 6.03. The highest BCUT2D eigenvalue weighted by Crippen LogP contribution is 2.32. The largest absolute Gasteiger partial charge is 0.312 e. The van der Waals surface area contributed by atoms with E-state index in [0.717, 1.165) is 42.8 Å². The Bertz CT molecular complexity index is 1150. The van der Waals surface area contributed by atoms with Crippen molar-refractivity contribution in [2.45, 2.75) is 77.8 Å². The number of pyridine rings is 1. The van der Waals surface area contributed by atoms with E-state index in [4.69, 9.17) is 5.10 Å². The third kappa shape index (κ3) is 4.36. The number of hydrazone groups is 1. The summed E-state index contributed by atoms with van der Waals surface area (Å²) < 4.78 is 2.14. The van der Waals surface area contributed by atoms with Gasteiger partial charge in [0.15, 0.2) is 0 Å². The topological polar surface area (TPSA) is 37.6 Å². The molecule has 1 saturated carbocycles. The molecule has 5 rings (SSSR count). The number of allylic oxidation sites excluding steroid dienone is 3. The molecule has 1 fully saturated rings. The lowest BCUT2D eigenvalue weighted by molar-refractivity contribution is 0.269. The Morgan fingerprint density at radius 1 is 1.12 bits per heavy atom. The molecule has 0 radical (unpaired) electrons. The van der Waals surface area contributed by atoms with Gasteiger partial charge in [0.25, 0.3) is 5.56 Å². The molecule has 2 heterocycles. The normalized spacial score (nSPS) is 21.3. The second-order valence-corrected chi connectivity index (χ2v) is 9.83. The van der Waals surface area contributed by atoms with E-state index >= 15 is 0 Å². The molecule has 3 aliphatic rings. The third-order valence-electron chi connectivity index (χ3n) is 7.59. The predicted octanol–water partition coefficient (Wildman–Crippen LogP) is 6.03. The number of nitrogens with zero attached hydrogens (tertiary/aromatic N) is 3. The van der Waals surface area contributed by atoms with Crippen molar-refractivity contribution >= 4 is 11.4 Å². The van der Waals surface area contributed by atoms with E-state index in [1.54, 1.807) is 0 Å². The van der Waals surface area contributed by atoms with E-state index in [0.29, 0.717) is 5.92 Å². The molecule has 4 heteroatoms. The number of para-hydroxylation sites is 1. The molecule has 2 aromatic rings. The van der Waals surface area contributed by atoms with Crippen molar-refractivity contribution in [2.75, 3.05) is 5.01 Å². The van der Waals surface area contributed by atoms with Crippen molar-refractivity contribution in [1.29, 1.82) is 0 Å². The molecule has 1 atom stereocenters. The second-order valence-electron chi connectivity index (χ2n) is 9.83. The summed E-state index contributed by atoms with van der Waals surface area (Å²) in [5.74, 6) is 0.661. The third-order valence-corrected chi connectivity index (χ3v) is 7.59. The number of hydrogen-bond donors (Lipinski definition) is 0. The zero-order chi connectivity index (χ0) is 22.8. The Morgan fingerprint density at radius 3 is 2.64 bits per heavy atom. The van der Waals surface area contributed by atoms with Crippen molar-refractivity contribution in [3.05, 3.63) is 87.4 Å². The minimum atomic E-state index is 0.120. The van der Waals surface area contributed by atoms with Gasteiger partial charge in [0, 0.05) is 18.7 Å². The van der Waals surface area contributed by atoms with Crippen LogP contribution in [0.4, 0.5) is 5.69 Å². The monoisotopic (exact) mass is 441 g/mol. The first-order valence-corrected chi connectivity index (χ1v) is 12.6. The molecule has 33 heavy (non-hydrogen) atoms. The smallest absolute Gasteiger partial charge is 0.259 e. The van der Waals surface area contributed by atoms with Gasteiger partial charge in [-0.1, -0.05) is 42.8 Å². The first kappa shape index (κ1) is 21.9. The molecular formula is C29H35N3O. The molecule has 0 N–H and O–H groups in total. The number of fused-ring (bicyclic) bond motifs is 1. The second kappa shape index (κ2) is 9.54. The van der Waals surface area contributed by atoms with Crippen LogP contribution in [0.3, 0.4) is 0 Å². The average molecular weight is 442 g/mol. The van der Waals surface area contributed by atoms with E-state index in [-0.39, 0.29) is 11.6 Å². The number of aryl methyl sites for hydroxylation is 1. The molecule has 0 spiro atoms. The lowest BCUT2D eigenvalue weighted by atomic mass is 9.84. The lowest BCUT2D eigenvalue weighted by Gasteiger charge is -2.29. The maximum atomic E-state index is 13.8. The van der Waals surface area contributed by atoms with E-state index in [1.807, 2.05) is 13.0 Å². The fourth-order valence-electron chi connectivity index (χ4n) is 5.42. The number of aromatic nitrogens is 1. The summed E-state index contributed by atoms with van der Waals surface area (Å²) in [6, 6.07) is 12.6. The Morgan fingerprint density at radius 2 is 1.91 bits per heavy atom. The zero-order valence-corrected chi connectivity index (χ0v) is 20.0. The van der Waals surface area contributed by atoms with Crippen LogP contribution in [0.15, 0.2) is 70.1 Å². The minimum absolute atomic E-state index is 0.120. The van der Waals surface area contributed by atoms with Crippen LogP contribution in [0, 0.1) is 5.92 Å². The van der Waals surface area contributed by atoms with Gasteiger partial charge in [0.1, 0.15) is 0 Å². The van der Waals surface area contributed by atoms with E-state index in [2.05, 4.69) is 65.1 Å². The Hall–Kier alpha value is -2.88. The molecule has 0 amide bonds. The van der Waals surface area contributed by atoms with Gasteiger partial charge in [-0.2, -0.15) is 5.10 Å². The summed E-state index contributed by atoms with van der Waals surface area (Å²) in [5.41, 5.74) is 6.90. The Kier molecular flexibility index (Phi) is 6.34. The van der Waals surface area contributed by atoms with Gasteiger partial charge in [0.05, 0.1) is 23.0 Å². The molecule has 0 bridgehead atoms. The predicted molar refractivity (Wildman–Crippen MR) is 137 cm³/mol. The average Bonchev–Trinajstić information content (AvgIpc) is 3.26. The summed E-state index contributed by atoms with van der Waals surface area (Å²) in [5, 5.41) is 7.19. The molecule has 172 valence electrons. The van der Waals surface area contributed by atoms with Gasteiger partial charge in [-0.3, -0.25) is 9.80 Å². The highest BCUT2D eigenvalue weighted by atomic mass is 16.1. The Balaban J connectivity index is 1.57. The van der Waals surface area contributed by atoms with Crippen LogP contribution >= 0.6 is 0 Å². The summed E-state index contributed by atoms with van der Waals surface area (Å²) >= 11 is 0. The quantitative estimate of drug-likeness (QED) is 0.513. The molecular weight excluding hydrogens is 406 g/mol. The van der Waals surface area contributed by atoms with Crippen LogP contribution in [0.5, 0.6) is 0 Å². The van der Waals surface area contributed by atoms with Gasteiger partial charge in [-0.15, -0.1) is 0 Å². The maximum absolute atomic E-state index is 13.8. The standard InChI is InChI=1S/C29H35N3O/c1-3-4-11-21(2)28-19-26(30-32(28)24-15-6-5-7-16-24)25-18-23-14-8-9-17-27(23)31(29(25)33)20-22-12-10-13-22/h3-7,11,15-16,18,22,28H,8-10,12-14,17,19-20H2,1-2H3/b4-3-,21-11+.